The van der Waals surface area contributed by atoms with Gasteiger partial charge in [0.2, 0.25) is 0 Å². The lowest BCUT2D eigenvalue weighted by atomic mass is 9.33. The van der Waals surface area contributed by atoms with Crippen LogP contribution in [0.5, 0.6) is 0 Å². The van der Waals surface area contributed by atoms with Crippen molar-refractivity contribution in [1.29, 1.82) is 0 Å². The largest absolute Gasteiger partial charge is 0.311 e. The lowest BCUT2D eigenvalue weighted by molar-refractivity contribution is 0.332. The molecule has 0 amide bonds. The van der Waals surface area contributed by atoms with Gasteiger partial charge in [0.05, 0.1) is 11.4 Å². The third-order valence-corrected chi connectivity index (χ3v) is 22.8. The Morgan fingerprint density at radius 3 is 1.22 bits per heavy atom. The average Bonchev–Trinajstić information content (AvgIpc) is 0.689. The van der Waals surface area contributed by atoms with Crippen molar-refractivity contribution in [2.24, 2.45) is 0 Å². The van der Waals surface area contributed by atoms with Crippen LogP contribution in [-0.2, 0) is 48.7 Å². The van der Waals surface area contributed by atoms with Crippen LogP contribution in [0.3, 0.4) is 0 Å². The Hall–Kier alpha value is -6.78. The van der Waals surface area contributed by atoms with E-state index < -0.39 is 0 Å². The van der Waals surface area contributed by atoms with Crippen molar-refractivity contribution in [1.82, 2.24) is 0 Å². The van der Waals surface area contributed by atoms with Crippen LogP contribution < -0.4 is 31.1 Å². The molecule has 0 spiro atoms. The summed E-state index contributed by atoms with van der Waals surface area (Å²) in [5.74, 6) is 0. The molecule has 8 aromatic carbocycles. The van der Waals surface area contributed by atoms with E-state index in [4.69, 9.17) is 0 Å². The van der Waals surface area contributed by atoms with E-state index in [2.05, 4.69) is 313 Å². The van der Waals surface area contributed by atoms with Crippen LogP contribution in [0.4, 0.5) is 51.2 Å². The summed E-state index contributed by atoms with van der Waals surface area (Å²) in [6, 6.07) is 59.5. The maximum atomic E-state index is 2.76. The highest BCUT2D eigenvalue weighted by atomic mass is 15.2. The molecule has 8 aromatic rings. The van der Waals surface area contributed by atoms with E-state index in [0.29, 0.717) is 0 Å². The molecule has 0 fully saturated rings. The number of benzene rings is 8. The summed E-state index contributed by atoms with van der Waals surface area (Å²) in [6.45, 7) is 53.4. The van der Waals surface area contributed by atoms with Gasteiger partial charge < -0.3 is 14.7 Å². The van der Waals surface area contributed by atoms with Gasteiger partial charge in [-0.2, -0.15) is 0 Å². The van der Waals surface area contributed by atoms with Crippen molar-refractivity contribution in [3.63, 3.8) is 0 Å². The van der Waals surface area contributed by atoms with Crippen LogP contribution in [0.25, 0.3) is 11.1 Å². The Morgan fingerprint density at radius 2 is 0.742 bits per heavy atom. The zero-order valence-electron chi connectivity index (χ0n) is 58.5. The molecular weight excluding hydrogens is 1070 g/mol. The van der Waals surface area contributed by atoms with E-state index in [1.807, 2.05) is 0 Å². The predicted octanol–water partition coefficient (Wildman–Crippen LogP) is 22.2. The van der Waals surface area contributed by atoms with Gasteiger partial charge in [0.1, 0.15) is 0 Å². The molecule has 0 unspecified atom stereocenters. The SMILES string of the molecule is Cc1cc(C(C)(C)C)ccc1N1c2cc(C(C)(C)C)ccc2B2c3cc4c(cc3N(c3ccc(C(C)(C)C)cc3-c3ccccc3)c3cc(N(c5ccc6c(c5)C(C)(C)CCC6(C)C)c5ccc6c(c5)C(C)(C)CCC6(C)C)cc1c32)C(C)(C)CCC4(C)C. The van der Waals surface area contributed by atoms with Gasteiger partial charge in [0.15, 0.2) is 0 Å². The Bertz CT molecular complexity index is 4100. The van der Waals surface area contributed by atoms with Gasteiger partial charge in [-0.1, -0.05) is 224 Å². The maximum absolute atomic E-state index is 2.76. The lowest BCUT2D eigenvalue weighted by Crippen LogP contribution is -2.62. The fourth-order valence-corrected chi connectivity index (χ4v) is 16.5. The molecule has 2 aliphatic heterocycles. The number of rotatable bonds is 6. The fraction of sp³-hybridized carbons (Fsp3) is 0.435. The van der Waals surface area contributed by atoms with Gasteiger partial charge in [0.25, 0.3) is 6.71 Å². The third-order valence-electron chi connectivity index (χ3n) is 22.8. The highest BCUT2D eigenvalue weighted by molar-refractivity contribution is 7.00. The van der Waals surface area contributed by atoms with Gasteiger partial charge in [-0.25, -0.2) is 0 Å². The second-order valence-corrected chi connectivity index (χ2v) is 35.2. The highest BCUT2D eigenvalue weighted by Crippen LogP contribution is 2.56. The fourth-order valence-electron chi connectivity index (χ4n) is 16.5. The molecule has 0 atom stereocenters. The molecule has 3 nitrogen and oxygen atoms in total. The van der Waals surface area contributed by atoms with Crippen LogP contribution in [-0.4, -0.2) is 6.71 Å². The number of hydrogen-bond donors (Lipinski definition) is 0. The summed E-state index contributed by atoms with van der Waals surface area (Å²) in [5.41, 5.74) is 31.6. The molecule has 13 rings (SSSR count). The normalized spacial score (nSPS) is 18.9. The topological polar surface area (TPSA) is 9.72 Å². The molecule has 0 N–H and O–H groups in total. The molecule has 0 saturated carbocycles. The Balaban J connectivity index is 1.23. The van der Waals surface area contributed by atoms with E-state index in [-0.39, 0.29) is 55.4 Å². The molecule has 4 heteroatoms. The Labute approximate surface area is 537 Å². The number of hydrogen-bond acceptors (Lipinski definition) is 3. The van der Waals surface area contributed by atoms with Crippen LogP contribution in [0.1, 0.15) is 240 Å². The van der Waals surface area contributed by atoms with Gasteiger partial charge in [-0.3, -0.25) is 0 Å². The molecule has 0 aromatic heterocycles. The molecule has 460 valence electrons. The Morgan fingerprint density at radius 1 is 0.337 bits per heavy atom. The molecule has 0 saturated heterocycles. The second kappa shape index (κ2) is 20.1. The number of anilines is 9. The first-order valence-corrected chi connectivity index (χ1v) is 33.9. The molecular formula is C85H102BN3. The van der Waals surface area contributed by atoms with Crippen molar-refractivity contribution in [2.75, 3.05) is 14.7 Å². The quantitative estimate of drug-likeness (QED) is 0.154. The van der Waals surface area contributed by atoms with E-state index in [1.165, 1.54) is 141 Å². The van der Waals surface area contributed by atoms with Crippen LogP contribution in [0, 0.1) is 6.92 Å². The van der Waals surface area contributed by atoms with Gasteiger partial charge >= 0.3 is 0 Å². The molecule has 0 radical (unpaired) electrons. The highest BCUT2D eigenvalue weighted by Gasteiger charge is 2.49. The van der Waals surface area contributed by atoms with Crippen molar-refractivity contribution >= 4 is 74.3 Å². The number of aryl methyl sites for hydroxylation is 1. The van der Waals surface area contributed by atoms with Gasteiger partial charge in [-0.05, 0) is 238 Å². The second-order valence-electron chi connectivity index (χ2n) is 35.2. The van der Waals surface area contributed by atoms with Gasteiger partial charge in [0, 0.05) is 45.4 Å². The summed E-state index contributed by atoms with van der Waals surface area (Å²) >= 11 is 0. The van der Waals surface area contributed by atoms with Gasteiger partial charge in [-0.15, -0.1) is 0 Å². The van der Waals surface area contributed by atoms with Crippen LogP contribution >= 0.6 is 0 Å². The van der Waals surface area contributed by atoms with Crippen molar-refractivity contribution < 1.29 is 0 Å². The average molecular weight is 1180 g/mol. The van der Waals surface area contributed by atoms with E-state index in [0.717, 1.165) is 31.4 Å². The smallest absolute Gasteiger partial charge is 0.252 e. The predicted molar refractivity (Wildman–Crippen MR) is 387 cm³/mol. The molecule has 5 aliphatic rings. The minimum absolute atomic E-state index is 0.000528. The number of fused-ring (bicyclic) bond motifs is 7. The zero-order valence-corrected chi connectivity index (χ0v) is 58.5. The summed E-state index contributed by atoms with van der Waals surface area (Å²) in [6.07, 6.45) is 6.90. The minimum Gasteiger partial charge on any atom is -0.311 e. The summed E-state index contributed by atoms with van der Waals surface area (Å²) < 4.78 is 0. The molecule has 0 bridgehead atoms. The van der Waals surface area contributed by atoms with E-state index in [1.54, 1.807) is 0 Å². The zero-order chi connectivity index (χ0) is 63.9. The molecule has 3 aliphatic carbocycles. The summed E-state index contributed by atoms with van der Waals surface area (Å²) in [7, 11) is 0. The van der Waals surface area contributed by atoms with Crippen molar-refractivity contribution in [2.45, 2.75) is 240 Å². The monoisotopic (exact) mass is 1180 g/mol. The maximum Gasteiger partial charge on any atom is 0.252 e. The summed E-state index contributed by atoms with van der Waals surface area (Å²) in [4.78, 5) is 8.16. The first-order chi connectivity index (χ1) is 41.4. The summed E-state index contributed by atoms with van der Waals surface area (Å²) in [5, 5.41) is 0. The third kappa shape index (κ3) is 10.1. The molecule has 2 heterocycles. The number of nitrogens with zero attached hydrogens (tertiary/aromatic N) is 3. The lowest BCUT2D eigenvalue weighted by Gasteiger charge is -2.48. The van der Waals surface area contributed by atoms with E-state index in [9.17, 15) is 0 Å². The standard InChI is InChI=1S/C85H102BN3/c1-53-44-55(77(2,3)4)29-36-70(53)88-72-46-57(79(8,9)10)28-35-68(72)86-69-51-66-67(85(21,22)43-42-84(66,19)20)52-73(69)89(71-37-30-56(78(5,6)7)45-61(71)54-26-24-23-25-27-54)75-50-60(49-74(88)76(75)86)87(58-31-33-62-64(47-58)82(15,16)40-38-80(62,11)12)59-32-34-63-65(48-59)83(17,18)41-39-81(63,13)14/h23-37,44-52H,38-43H2,1-22H3. The van der Waals surface area contributed by atoms with Crippen LogP contribution in [0.2, 0.25) is 0 Å². The first kappa shape index (κ1) is 61.1. The van der Waals surface area contributed by atoms with E-state index >= 15 is 0 Å². The van der Waals surface area contributed by atoms with Crippen molar-refractivity contribution in [3.8, 4) is 11.1 Å². The minimum atomic E-state index is -0.0947. The Kier molecular flexibility index (Phi) is 13.8. The first-order valence-electron chi connectivity index (χ1n) is 33.9. The van der Waals surface area contributed by atoms with Crippen molar-refractivity contribution in [3.05, 3.63) is 201 Å². The van der Waals surface area contributed by atoms with Crippen LogP contribution in [0.15, 0.2) is 146 Å². The molecule has 89 heavy (non-hydrogen) atoms.